The number of pyridine rings is 1. The molecule has 0 amide bonds. The summed E-state index contributed by atoms with van der Waals surface area (Å²) >= 11 is 0. The Balaban J connectivity index is 2.11. The summed E-state index contributed by atoms with van der Waals surface area (Å²) < 4.78 is 5.43. The van der Waals surface area contributed by atoms with Gasteiger partial charge in [-0.3, -0.25) is 4.98 Å². The molecule has 0 bridgehead atoms. The van der Waals surface area contributed by atoms with Gasteiger partial charge in [-0.05, 0) is 17.7 Å². The highest BCUT2D eigenvalue weighted by molar-refractivity contribution is 5.79. The molecule has 0 aliphatic carbocycles. The summed E-state index contributed by atoms with van der Waals surface area (Å²) in [5.74, 6) is 0.890. The first-order valence-corrected chi connectivity index (χ1v) is 5.80. The van der Waals surface area contributed by atoms with Crippen molar-refractivity contribution in [2.24, 2.45) is 5.10 Å². The van der Waals surface area contributed by atoms with Crippen LogP contribution in [0.1, 0.15) is 36.9 Å². The van der Waals surface area contributed by atoms with Crippen LogP contribution < -0.4 is 5.43 Å². The first-order chi connectivity index (χ1) is 9.20. The first-order valence-electron chi connectivity index (χ1n) is 5.80. The van der Waals surface area contributed by atoms with Gasteiger partial charge < -0.3 is 4.42 Å². The Morgan fingerprint density at radius 3 is 2.79 bits per heavy atom. The van der Waals surface area contributed by atoms with E-state index in [4.69, 9.17) is 9.68 Å². The van der Waals surface area contributed by atoms with Crippen molar-refractivity contribution in [2.75, 3.05) is 5.43 Å². The van der Waals surface area contributed by atoms with Crippen LogP contribution in [0.5, 0.6) is 0 Å². The van der Waals surface area contributed by atoms with E-state index < -0.39 is 0 Å². The molecule has 2 aromatic rings. The Kier molecular flexibility index (Phi) is 3.88. The van der Waals surface area contributed by atoms with Crippen LogP contribution >= 0.6 is 0 Å². The van der Waals surface area contributed by atoms with Gasteiger partial charge in [-0.1, -0.05) is 13.8 Å². The Bertz CT molecular complexity index is 610. The maximum atomic E-state index is 8.96. The maximum Gasteiger partial charge on any atom is 0.252 e. The molecule has 0 unspecified atom stereocenters. The van der Waals surface area contributed by atoms with E-state index in [0.717, 1.165) is 5.56 Å². The average molecular weight is 255 g/mol. The highest BCUT2D eigenvalue weighted by Gasteiger charge is 2.14. The lowest BCUT2D eigenvalue weighted by atomic mass is 10.2. The van der Waals surface area contributed by atoms with Crippen molar-refractivity contribution in [3.05, 3.63) is 41.7 Å². The molecule has 0 atom stereocenters. The lowest BCUT2D eigenvalue weighted by Gasteiger charge is -1.96. The molecule has 0 aliphatic heterocycles. The lowest BCUT2D eigenvalue weighted by Crippen LogP contribution is -1.91. The molecule has 0 radical (unpaired) electrons. The van der Waals surface area contributed by atoms with Gasteiger partial charge in [-0.25, -0.2) is 10.4 Å². The number of hydrogen-bond donors (Lipinski definition) is 1. The largest absolute Gasteiger partial charge is 0.422 e. The number of anilines is 1. The lowest BCUT2D eigenvalue weighted by molar-refractivity contribution is 0.481. The minimum atomic E-state index is 0.117. The van der Waals surface area contributed by atoms with Gasteiger partial charge in [0, 0.05) is 18.3 Å². The van der Waals surface area contributed by atoms with E-state index in [1.165, 1.54) is 0 Å². The minimum Gasteiger partial charge on any atom is -0.422 e. The van der Waals surface area contributed by atoms with Gasteiger partial charge in [0.25, 0.3) is 5.88 Å². The van der Waals surface area contributed by atoms with Gasteiger partial charge in [-0.2, -0.15) is 10.4 Å². The summed E-state index contributed by atoms with van der Waals surface area (Å²) in [6, 6.07) is 5.60. The van der Waals surface area contributed by atoms with Gasteiger partial charge in [0.05, 0.1) is 6.21 Å². The zero-order valence-electron chi connectivity index (χ0n) is 10.7. The van der Waals surface area contributed by atoms with Crippen molar-refractivity contribution in [2.45, 2.75) is 19.8 Å². The van der Waals surface area contributed by atoms with Crippen LogP contribution in [0, 0.1) is 11.3 Å². The second-order valence-corrected chi connectivity index (χ2v) is 4.15. The smallest absolute Gasteiger partial charge is 0.252 e. The van der Waals surface area contributed by atoms with Crippen LogP contribution in [0.4, 0.5) is 5.88 Å². The molecule has 6 nitrogen and oxygen atoms in total. The normalized spacial score (nSPS) is 10.8. The summed E-state index contributed by atoms with van der Waals surface area (Å²) in [7, 11) is 0. The van der Waals surface area contributed by atoms with E-state index >= 15 is 0 Å². The van der Waals surface area contributed by atoms with Crippen molar-refractivity contribution in [1.29, 1.82) is 5.26 Å². The average Bonchev–Trinajstić information content (AvgIpc) is 2.83. The summed E-state index contributed by atoms with van der Waals surface area (Å²) in [5.41, 5.74) is 3.78. The van der Waals surface area contributed by atoms with Crippen LogP contribution in [-0.2, 0) is 0 Å². The molecule has 0 saturated carbocycles. The Morgan fingerprint density at radius 1 is 1.42 bits per heavy atom. The van der Waals surface area contributed by atoms with Crippen LogP contribution in [-0.4, -0.2) is 16.2 Å². The molecule has 19 heavy (non-hydrogen) atoms. The number of aromatic nitrogens is 2. The first kappa shape index (κ1) is 12.8. The second kappa shape index (κ2) is 5.78. The molecule has 96 valence electrons. The molecule has 0 saturated heterocycles. The number of hydrogen-bond acceptors (Lipinski definition) is 6. The molecule has 0 fully saturated rings. The number of nitrogens with zero attached hydrogens (tertiary/aromatic N) is 4. The van der Waals surface area contributed by atoms with E-state index in [1.807, 2.05) is 32.0 Å². The fraction of sp³-hybridized carbons (Fsp3) is 0.231. The fourth-order valence-corrected chi connectivity index (χ4v) is 1.35. The number of hydrazone groups is 1. The molecular formula is C13H13N5O. The van der Waals surface area contributed by atoms with Crippen LogP contribution in [0.2, 0.25) is 0 Å². The van der Waals surface area contributed by atoms with E-state index in [0.29, 0.717) is 5.89 Å². The predicted octanol–water partition coefficient (Wildman–Crippen LogP) is 2.51. The summed E-state index contributed by atoms with van der Waals surface area (Å²) in [6.07, 6.45) is 4.96. The number of oxazole rings is 1. The molecule has 2 heterocycles. The summed E-state index contributed by atoms with van der Waals surface area (Å²) in [6.45, 7) is 3.88. The van der Waals surface area contributed by atoms with Crippen molar-refractivity contribution in [1.82, 2.24) is 9.97 Å². The molecule has 1 N–H and O–H groups in total. The third-order valence-corrected chi connectivity index (χ3v) is 2.33. The van der Waals surface area contributed by atoms with Crippen molar-refractivity contribution in [3.63, 3.8) is 0 Å². The van der Waals surface area contributed by atoms with Gasteiger partial charge in [-0.15, -0.1) is 0 Å². The highest BCUT2D eigenvalue weighted by atomic mass is 16.4. The third-order valence-electron chi connectivity index (χ3n) is 2.33. The van der Waals surface area contributed by atoms with E-state index in [9.17, 15) is 0 Å². The molecule has 2 rings (SSSR count). The number of nitriles is 1. The van der Waals surface area contributed by atoms with Gasteiger partial charge in [0.2, 0.25) is 11.6 Å². The Hall–Kier alpha value is -2.68. The maximum absolute atomic E-state index is 8.96. The number of rotatable bonds is 4. The Labute approximate surface area is 110 Å². The van der Waals surface area contributed by atoms with Gasteiger partial charge >= 0.3 is 0 Å². The fourth-order valence-electron chi connectivity index (χ4n) is 1.35. The minimum absolute atomic E-state index is 0.117. The van der Waals surface area contributed by atoms with Crippen molar-refractivity contribution in [3.8, 4) is 6.07 Å². The summed E-state index contributed by atoms with van der Waals surface area (Å²) in [4.78, 5) is 7.99. The summed E-state index contributed by atoms with van der Waals surface area (Å²) in [5, 5.41) is 13.0. The van der Waals surface area contributed by atoms with Crippen LogP contribution in [0.25, 0.3) is 0 Å². The van der Waals surface area contributed by atoms with Crippen molar-refractivity contribution < 1.29 is 4.42 Å². The monoisotopic (exact) mass is 255 g/mol. The topological polar surface area (TPSA) is 87.1 Å². The van der Waals surface area contributed by atoms with E-state index in [1.54, 1.807) is 18.6 Å². The zero-order chi connectivity index (χ0) is 13.7. The molecule has 0 aromatic carbocycles. The standard InChI is InChI=1S/C13H13N5O/c1-9(2)12-17-11(7-14)13(19-12)18-16-8-10-3-5-15-6-4-10/h3-6,8-9,18H,1-2H3. The highest BCUT2D eigenvalue weighted by Crippen LogP contribution is 2.21. The quantitative estimate of drug-likeness (QED) is 0.670. The van der Waals surface area contributed by atoms with Gasteiger partial charge in [0.1, 0.15) is 6.07 Å². The van der Waals surface area contributed by atoms with Crippen molar-refractivity contribution >= 4 is 12.1 Å². The molecule has 2 aromatic heterocycles. The van der Waals surface area contributed by atoms with E-state index in [-0.39, 0.29) is 17.5 Å². The SMILES string of the molecule is CC(C)c1nc(C#N)c(NN=Cc2ccncc2)o1. The van der Waals surface area contributed by atoms with Crippen LogP contribution in [0.15, 0.2) is 34.0 Å². The second-order valence-electron chi connectivity index (χ2n) is 4.15. The molecular weight excluding hydrogens is 242 g/mol. The predicted molar refractivity (Wildman–Crippen MR) is 70.8 cm³/mol. The third kappa shape index (κ3) is 3.16. The van der Waals surface area contributed by atoms with E-state index in [2.05, 4.69) is 20.5 Å². The Morgan fingerprint density at radius 2 is 2.16 bits per heavy atom. The molecule has 6 heteroatoms. The van der Waals surface area contributed by atoms with Gasteiger partial charge in [0.15, 0.2) is 0 Å². The zero-order valence-corrected chi connectivity index (χ0v) is 10.7. The molecule has 0 aliphatic rings. The molecule has 0 spiro atoms. The number of nitrogens with one attached hydrogen (secondary N) is 1. The van der Waals surface area contributed by atoms with Crippen LogP contribution in [0.3, 0.4) is 0 Å².